The summed E-state index contributed by atoms with van der Waals surface area (Å²) in [7, 11) is 0. The highest BCUT2D eigenvalue weighted by molar-refractivity contribution is 5.27. The zero-order valence-electron chi connectivity index (χ0n) is 10.1. The molecule has 0 N–H and O–H groups in total. The first-order valence-electron chi connectivity index (χ1n) is 5.99. The van der Waals surface area contributed by atoms with Crippen LogP contribution in [0, 0.1) is 0 Å². The van der Waals surface area contributed by atoms with Gasteiger partial charge in [-0.15, -0.1) is 0 Å². The molecule has 0 aliphatic carbocycles. The molecule has 0 bridgehead atoms. The van der Waals surface area contributed by atoms with Gasteiger partial charge in [-0.25, -0.2) is 0 Å². The zero-order chi connectivity index (χ0) is 11.9. The van der Waals surface area contributed by atoms with E-state index in [0.29, 0.717) is 6.61 Å². The maximum atomic E-state index is 5.69. The van der Waals surface area contributed by atoms with Crippen LogP contribution in [0.1, 0.15) is 24.5 Å². The molecule has 0 atom stereocenters. The first-order chi connectivity index (χ1) is 8.38. The molecule has 0 amide bonds. The SMILES string of the molecule is CCCc1ccc(OCc2cccnc2)cc1. The van der Waals surface area contributed by atoms with Gasteiger partial charge >= 0.3 is 0 Å². The summed E-state index contributed by atoms with van der Waals surface area (Å²) in [6, 6.07) is 12.2. The first-order valence-corrected chi connectivity index (χ1v) is 5.99. The predicted octanol–water partition coefficient (Wildman–Crippen LogP) is 3.61. The smallest absolute Gasteiger partial charge is 0.119 e. The van der Waals surface area contributed by atoms with Crippen LogP contribution >= 0.6 is 0 Å². The number of aryl methyl sites for hydroxylation is 1. The van der Waals surface area contributed by atoms with Crippen LogP contribution in [0.5, 0.6) is 5.75 Å². The maximum absolute atomic E-state index is 5.69. The molecule has 2 aromatic rings. The van der Waals surface area contributed by atoms with Gasteiger partial charge < -0.3 is 4.74 Å². The number of hydrogen-bond donors (Lipinski definition) is 0. The zero-order valence-corrected chi connectivity index (χ0v) is 10.1. The molecule has 0 aliphatic heterocycles. The van der Waals surface area contributed by atoms with Crippen LogP contribution < -0.4 is 4.74 Å². The van der Waals surface area contributed by atoms with Crippen LogP contribution in [-0.4, -0.2) is 4.98 Å². The highest BCUT2D eigenvalue weighted by atomic mass is 16.5. The highest BCUT2D eigenvalue weighted by Crippen LogP contribution is 2.14. The van der Waals surface area contributed by atoms with Crippen LogP contribution in [0.25, 0.3) is 0 Å². The number of hydrogen-bond acceptors (Lipinski definition) is 2. The fourth-order valence-corrected chi connectivity index (χ4v) is 1.69. The van der Waals surface area contributed by atoms with Gasteiger partial charge in [0.15, 0.2) is 0 Å². The summed E-state index contributed by atoms with van der Waals surface area (Å²) in [5.41, 5.74) is 2.45. The Morgan fingerprint density at radius 1 is 1.06 bits per heavy atom. The van der Waals surface area contributed by atoms with E-state index in [1.165, 1.54) is 12.0 Å². The number of nitrogens with zero attached hydrogens (tertiary/aromatic N) is 1. The van der Waals surface area contributed by atoms with Gasteiger partial charge in [-0.05, 0) is 30.2 Å². The Labute approximate surface area is 102 Å². The molecule has 2 nitrogen and oxygen atoms in total. The molecule has 0 saturated carbocycles. The van der Waals surface area contributed by atoms with E-state index in [9.17, 15) is 0 Å². The third-order valence-corrected chi connectivity index (χ3v) is 2.59. The molecule has 17 heavy (non-hydrogen) atoms. The minimum atomic E-state index is 0.570. The normalized spacial score (nSPS) is 10.2. The monoisotopic (exact) mass is 227 g/mol. The number of pyridine rings is 1. The van der Waals surface area contributed by atoms with Crippen molar-refractivity contribution in [1.82, 2.24) is 4.98 Å². The van der Waals surface area contributed by atoms with E-state index < -0.39 is 0 Å². The van der Waals surface area contributed by atoms with E-state index in [-0.39, 0.29) is 0 Å². The van der Waals surface area contributed by atoms with Crippen LogP contribution in [0.4, 0.5) is 0 Å². The van der Waals surface area contributed by atoms with Gasteiger partial charge in [0, 0.05) is 18.0 Å². The molecular formula is C15H17NO. The van der Waals surface area contributed by atoms with E-state index >= 15 is 0 Å². The molecule has 0 unspecified atom stereocenters. The summed E-state index contributed by atoms with van der Waals surface area (Å²) in [6.45, 7) is 2.76. The standard InChI is InChI=1S/C15H17NO/c1-2-4-13-6-8-15(9-7-13)17-12-14-5-3-10-16-11-14/h3,5-11H,2,4,12H2,1H3. The number of ether oxygens (including phenoxy) is 1. The lowest BCUT2D eigenvalue weighted by molar-refractivity contribution is 0.305. The Balaban J connectivity index is 1.91. The molecule has 1 aromatic carbocycles. The topological polar surface area (TPSA) is 22.1 Å². The second-order valence-electron chi connectivity index (χ2n) is 4.04. The van der Waals surface area contributed by atoms with Crippen LogP contribution in [0.2, 0.25) is 0 Å². The number of aromatic nitrogens is 1. The van der Waals surface area contributed by atoms with E-state index in [1.54, 1.807) is 6.20 Å². The van der Waals surface area contributed by atoms with Gasteiger partial charge in [0.25, 0.3) is 0 Å². The summed E-state index contributed by atoms with van der Waals surface area (Å²) in [5, 5.41) is 0. The Bertz CT molecular complexity index is 436. The highest BCUT2D eigenvalue weighted by Gasteiger charge is 1.96. The average Bonchev–Trinajstić information content (AvgIpc) is 2.40. The molecule has 88 valence electrons. The molecule has 1 aromatic heterocycles. The number of rotatable bonds is 5. The lowest BCUT2D eigenvalue weighted by atomic mass is 10.1. The molecule has 0 saturated heterocycles. The second kappa shape index (κ2) is 6.04. The summed E-state index contributed by atoms with van der Waals surface area (Å²) in [4.78, 5) is 4.06. The van der Waals surface area contributed by atoms with Gasteiger partial charge in [0.1, 0.15) is 12.4 Å². The number of benzene rings is 1. The molecule has 2 rings (SSSR count). The predicted molar refractivity (Wildman–Crippen MR) is 69.0 cm³/mol. The van der Waals surface area contributed by atoms with Crippen molar-refractivity contribution in [3.8, 4) is 5.75 Å². The van der Waals surface area contributed by atoms with E-state index in [2.05, 4.69) is 24.0 Å². The van der Waals surface area contributed by atoms with Crippen molar-refractivity contribution in [1.29, 1.82) is 0 Å². The van der Waals surface area contributed by atoms with E-state index in [0.717, 1.165) is 17.7 Å². The lowest BCUT2D eigenvalue weighted by Gasteiger charge is -2.06. The van der Waals surface area contributed by atoms with Crippen LogP contribution in [0.3, 0.4) is 0 Å². The Morgan fingerprint density at radius 2 is 1.88 bits per heavy atom. The van der Waals surface area contributed by atoms with Gasteiger partial charge in [-0.2, -0.15) is 0 Å². The van der Waals surface area contributed by atoms with Crippen molar-refractivity contribution in [2.75, 3.05) is 0 Å². The van der Waals surface area contributed by atoms with Crippen molar-refractivity contribution in [2.24, 2.45) is 0 Å². The van der Waals surface area contributed by atoms with Gasteiger partial charge in [0.2, 0.25) is 0 Å². The van der Waals surface area contributed by atoms with E-state index in [1.807, 2.05) is 30.5 Å². The van der Waals surface area contributed by atoms with Crippen molar-refractivity contribution in [2.45, 2.75) is 26.4 Å². The fourth-order valence-electron chi connectivity index (χ4n) is 1.69. The first kappa shape index (κ1) is 11.6. The van der Waals surface area contributed by atoms with Crippen molar-refractivity contribution in [3.63, 3.8) is 0 Å². The third kappa shape index (κ3) is 3.59. The van der Waals surface area contributed by atoms with Gasteiger partial charge in [-0.3, -0.25) is 4.98 Å². The molecular weight excluding hydrogens is 210 g/mol. The molecule has 0 radical (unpaired) electrons. The minimum Gasteiger partial charge on any atom is -0.489 e. The fraction of sp³-hybridized carbons (Fsp3) is 0.267. The van der Waals surface area contributed by atoms with Crippen molar-refractivity contribution >= 4 is 0 Å². The summed E-state index contributed by atoms with van der Waals surface area (Å²) in [6.07, 6.45) is 5.90. The second-order valence-corrected chi connectivity index (χ2v) is 4.04. The molecule has 0 aliphatic rings. The average molecular weight is 227 g/mol. The summed E-state index contributed by atoms with van der Waals surface area (Å²) >= 11 is 0. The molecule has 0 spiro atoms. The van der Waals surface area contributed by atoms with Crippen LogP contribution in [-0.2, 0) is 13.0 Å². The maximum Gasteiger partial charge on any atom is 0.119 e. The lowest BCUT2D eigenvalue weighted by Crippen LogP contribution is -1.95. The molecule has 0 fully saturated rings. The van der Waals surface area contributed by atoms with Gasteiger partial charge in [-0.1, -0.05) is 31.5 Å². The largest absolute Gasteiger partial charge is 0.489 e. The van der Waals surface area contributed by atoms with Gasteiger partial charge in [0.05, 0.1) is 0 Å². The Kier molecular flexibility index (Phi) is 4.14. The van der Waals surface area contributed by atoms with Crippen molar-refractivity contribution < 1.29 is 4.74 Å². The summed E-state index contributed by atoms with van der Waals surface area (Å²) < 4.78 is 5.69. The quantitative estimate of drug-likeness (QED) is 0.778. The van der Waals surface area contributed by atoms with E-state index in [4.69, 9.17) is 4.74 Å². The minimum absolute atomic E-state index is 0.570. The molecule has 1 heterocycles. The Morgan fingerprint density at radius 3 is 2.53 bits per heavy atom. The van der Waals surface area contributed by atoms with Crippen molar-refractivity contribution in [3.05, 3.63) is 59.9 Å². The van der Waals surface area contributed by atoms with Crippen LogP contribution in [0.15, 0.2) is 48.8 Å². The summed E-state index contributed by atoms with van der Waals surface area (Å²) in [5.74, 6) is 0.911. The molecule has 2 heteroatoms. The third-order valence-electron chi connectivity index (χ3n) is 2.59. The Hall–Kier alpha value is -1.83.